The van der Waals surface area contributed by atoms with E-state index in [-0.39, 0.29) is 12.5 Å². The van der Waals surface area contributed by atoms with E-state index < -0.39 is 0 Å². The molecule has 0 fully saturated rings. The number of rotatable bonds is 5. The van der Waals surface area contributed by atoms with Crippen LogP contribution in [0.3, 0.4) is 0 Å². The number of hydrogen-bond acceptors (Lipinski definition) is 4. The minimum atomic E-state index is -0.292. The van der Waals surface area contributed by atoms with Crippen molar-refractivity contribution in [3.05, 3.63) is 76.8 Å². The SMILES string of the molecule is O=C(COc1ccc(Cl)cc1Cl)Nc1ccccc1-c1nc2ccccc2s1. The van der Waals surface area contributed by atoms with Crippen molar-refractivity contribution in [1.82, 2.24) is 4.98 Å². The zero-order valence-electron chi connectivity index (χ0n) is 14.5. The zero-order valence-corrected chi connectivity index (χ0v) is 16.8. The van der Waals surface area contributed by atoms with Crippen molar-refractivity contribution in [3.8, 4) is 16.3 Å². The third-order valence-corrected chi connectivity index (χ3v) is 5.58. The molecule has 28 heavy (non-hydrogen) atoms. The molecule has 4 nitrogen and oxygen atoms in total. The lowest BCUT2D eigenvalue weighted by atomic mass is 10.2. The molecule has 1 N–H and O–H groups in total. The van der Waals surface area contributed by atoms with Gasteiger partial charge in [-0.3, -0.25) is 4.79 Å². The predicted octanol–water partition coefficient (Wildman–Crippen LogP) is 6.29. The fourth-order valence-electron chi connectivity index (χ4n) is 2.69. The molecule has 4 aromatic rings. The lowest BCUT2D eigenvalue weighted by Gasteiger charge is -2.11. The second-order valence-electron chi connectivity index (χ2n) is 5.94. The van der Waals surface area contributed by atoms with Gasteiger partial charge in [0.2, 0.25) is 0 Å². The molecule has 0 spiro atoms. The Bertz CT molecular complexity index is 1130. The summed E-state index contributed by atoms with van der Waals surface area (Å²) < 4.78 is 6.60. The van der Waals surface area contributed by atoms with Crippen LogP contribution in [0.1, 0.15) is 0 Å². The number of nitrogens with one attached hydrogen (secondary N) is 1. The van der Waals surface area contributed by atoms with E-state index in [9.17, 15) is 4.79 Å². The normalized spacial score (nSPS) is 10.8. The summed E-state index contributed by atoms with van der Waals surface area (Å²) in [5.41, 5.74) is 2.48. The molecule has 1 amide bonds. The number of para-hydroxylation sites is 2. The van der Waals surface area contributed by atoms with Crippen LogP contribution < -0.4 is 10.1 Å². The van der Waals surface area contributed by atoms with Gasteiger partial charge in [0.05, 0.1) is 20.9 Å². The number of hydrogen-bond donors (Lipinski definition) is 1. The van der Waals surface area contributed by atoms with Gasteiger partial charge in [-0.25, -0.2) is 4.98 Å². The molecule has 3 aromatic carbocycles. The number of carbonyl (C=O) groups excluding carboxylic acids is 1. The highest BCUT2D eigenvalue weighted by atomic mass is 35.5. The van der Waals surface area contributed by atoms with Gasteiger partial charge in [0.1, 0.15) is 10.8 Å². The monoisotopic (exact) mass is 428 g/mol. The number of nitrogens with zero attached hydrogens (tertiary/aromatic N) is 1. The Morgan fingerprint density at radius 1 is 1.04 bits per heavy atom. The average molecular weight is 429 g/mol. The topological polar surface area (TPSA) is 51.2 Å². The average Bonchev–Trinajstić information content (AvgIpc) is 3.12. The van der Waals surface area contributed by atoms with Crippen molar-refractivity contribution in [2.24, 2.45) is 0 Å². The maximum atomic E-state index is 12.4. The van der Waals surface area contributed by atoms with Gasteiger partial charge in [0, 0.05) is 10.6 Å². The van der Waals surface area contributed by atoms with E-state index in [2.05, 4.69) is 10.3 Å². The molecule has 0 aliphatic carbocycles. The van der Waals surface area contributed by atoms with Gasteiger partial charge < -0.3 is 10.1 Å². The zero-order chi connectivity index (χ0) is 19.5. The summed E-state index contributed by atoms with van der Waals surface area (Å²) >= 11 is 13.5. The lowest BCUT2D eigenvalue weighted by molar-refractivity contribution is -0.118. The number of benzene rings is 3. The molecule has 4 rings (SSSR count). The van der Waals surface area contributed by atoms with Crippen LogP contribution in [0.2, 0.25) is 10.0 Å². The van der Waals surface area contributed by atoms with Crippen LogP contribution in [0.5, 0.6) is 5.75 Å². The summed E-state index contributed by atoms with van der Waals surface area (Å²) in [6.45, 7) is -0.171. The van der Waals surface area contributed by atoms with Crippen molar-refractivity contribution in [3.63, 3.8) is 0 Å². The molecule has 0 aliphatic rings. The smallest absolute Gasteiger partial charge is 0.262 e. The number of fused-ring (bicyclic) bond motifs is 1. The first kappa shape index (κ1) is 18.7. The second-order valence-corrected chi connectivity index (χ2v) is 7.82. The first-order chi connectivity index (χ1) is 13.6. The molecule has 0 aliphatic heterocycles. The standard InChI is InChI=1S/C21H14Cl2N2O2S/c22-13-9-10-18(15(23)11-13)27-12-20(26)24-16-6-2-1-5-14(16)21-25-17-7-3-4-8-19(17)28-21/h1-11H,12H2,(H,24,26). The molecule has 0 atom stereocenters. The fraction of sp³-hybridized carbons (Fsp3) is 0.0476. The van der Waals surface area contributed by atoms with E-state index in [0.717, 1.165) is 20.8 Å². The van der Waals surface area contributed by atoms with Gasteiger partial charge in [-0.2, -0.15) is 0 Å². The molecule has 1 heterocycles. The Balaban J connectivity index is 1.51. The number of thiazole rings is 1. The fourth-order valence-corrected chi connectivity index (χ4v) is 4.16. The number of halogens is 2. The third kappa shape index (κ3) is 4.12. The summed E-state index contributed by atoms with van der Waals surface area (Å²) in [7, 11) is 0. The Hall–Kier alpha value is -2.60. The first-order valence-electron chi connectivity index (χ1n) is 8.43. The van der Waals surface area contributed by atoms with Crippen LogP contribution in [-0.2, 0) is 4.79 Å². The van der Waals surface area contributed by atoms with Crippen molar-refractivity contribution >= 4 is 56.3 Å². The van der Waals surface area contributed by atoms with Crippen molar-refractivity contribution in [2.45, 2.75) is 0 Å². The Labute approximate surface area is 175 Å². The van der Waals surface area contributed by atoms with Crippen LogP contribution in [0.15, 0.2) is 66.7 Å². The minimum Gasteiger partial charge on any atom is -0.482 e. The number of aromatic nitrogens is 1. The Kier molecular flexibility index (Phi) is 5.48. The van der Waals surface area contributed by atoms with E-state index in [4.69, 9.17) is 27.9 Å². The molecule has 0 radical (unpaired) electrons. The van der Waals surface area contributed by atoms with Crippen LogP contribution >= 0.6 is 34.5 Å². The van der Waals surface area contributed by atoms with E-state index in [1.54, 1.807) is 29.5 Å². The quantitative estimate of drug-likeness (QED) is 0.406. The number of anilines is 1. The van der Waals surface area contributed by atoms with E-state index >= 15 is 0 Å². The van der Waals surface area contributed by atoms with Crippen LogP contribution in [-0.4, -0.2) is 17.5 Å². The van der Waals surface area contributed by atoms with Gasteiger partial charge in [-0.05, 0) is 42.5 Å². The van der Waals surface area contributed by atoms with Crippen molar-refractivity contribution in [2.75, 3.05) is 11.9 Å². The molecule has 0 saturated heterocycles. The maximum absolute atomic E-state index is 12.4. The molecule has 140 valence electrons. The van der Waals surface area contributed by atoms with E-state index in [1.165, 1.54) is 0 Å². The summed E-state index contributed by atoms with van der Waals surface area (Å²) in [4.78, 5) is 17.1. The molecule has 7 heteroatoms. The number of carbonyl (C=O) groups is 1. The molecule has 0 saturated carbocycles. The number of amides is 1. The lowest BCUT2D eigenvalue weighted by Crippen LogP contribution is -2.20. The van der Waals surface area contributed by atoms with Crippen LogP contribution in [0.25, 0.3) is 20.8 Å². The van der Waals surface area contributed by atoms with E-state index in [1.807, 2.05) is 48.5 Å². The van der Waals surface area contributed by atoms with Crippen molar-refractivity contribution in [1.29, 1.82) is 0 Å². The second kappa shape index (κ2) is 8.19. The summed E-state index contributed by atoms with van der Waals surface area (Å²) in [5, 5.41) is 4.60. The van der Waals surface area contributed by atoms with Gasteiger partial charge in [-0.15, -0.1) is 11.3 Å². The summed E-state index contributed by atoms with van der Waals surface area (Å²) in [6.07, 6.45) is 0. The Morgan fingerprint density at radius 3 is 2.64 bits per heavy atom. The third-order valence-electron chi connectivity index (χ3n) is 3.98. The molecule has 0 bridgehead atoms. The summed E-state index contributed by atoms with van der Waals surface area (Å²) in [5.74, 6) is 0.111. The highest BCUT2D eigenvalue weighted by Gasteiger charge is 2.13. The largest absolute Gasteiger partial charge is 0.482 e. The van der Waals surface area contributed by atoms with Crippen LogP contribution in [0.4, 0.5) is 5.69 Å². The first-order valence-corrected chi connectivity index (χ1v) is 10.00. The number of ether oxygens (including phenoxy) is 1. The summed E-state index contributed by atoms with van der Waals surface area (Å²) in [6, 6.07) is 20.4. The molecule has 1 aromatic heterocycles. The highest BCUT2D eigenvalue weighted by molar-refractivity contribution is 7.21. The minimum absolute atomic E-state index is 0.171. The van der Waals surface area contributed by atoms with Gasteiger partial charge in [0.25, 0.3) is 5.91 Å². The Morgan fingerprint density at radius 2 is 1.82 bits per heavy atom. The van der Waals surface area contributed by atoms with Gasteiger partial charge in [-0.1, -0.05) is 47.5 Å². The molecular weight excluding hydrogens is 415 g/mol. The van der Waals surface area contributed by atoms with E-state index in [0.29, 0.717) is 21.5 Å². The van der Waals surface area contributed by atoms with Crippen LogP contribution in [0, 0.1) is 0 Å². The molecular formula is C21H14Cl2N2O2S. The maximum Gasteiger partial charge on any atom is 0.262 e. The molecule has 0 unspecified atom stereocenters. The predicted molar refractivity (Wildman–Crippen MR) is 116 cm³/mol. The highest BCUT2D eigenvalue weighted by Crippen LogP contribution is 2.34. The van der Waals surface area contributed by atoms with Crippen molar-refractivity contribution < 1.29 is 9.53 Å². The van der Waals surface area contributed by atoms with Gasteiger partial charge >= 0.3 is 0 Å². The van der Waals surface area contributed by atoms with Gasteiger partial charge in [0.15, 0.2) is 6.61 Å².